The molecule has 2 aromatic rings. The predicted octanol–water partition coefficient (Wildman–Crippen LogP) is 5.63. The van der Waals surface area contributed by atoms with Crippen molar-refractivity contribution in [3.63, 3.8) is 0 Å². The Bertz CT molecular complexity index is 736. The predicted molar refractivity (Wildman–Crippen MR) is 86.8 cm³/mol. The van der Waals surface area contributed by atoms with E-state index in [1.54, 1.807) is 6.07 Å². The molecule has 2 aromatic carbocycles. The van der Waals surface area contributed by atoms with Crippen molar-refractivity contribution < 1.29 is 13.2 Å². The van der Waals surface area contributed by atoms with Crippen molar-refractivity contribution in [3.05, 3.63) is 76.1 Å². The van der Waals surface area contributed by atoms with Crippen LogP contribution in [0, 0.1) is 17.5 Å². The van der Waals surface area contributed by atoms with Crippen molar-refractivity contribution in [2.24, 2.45) is 0 Å². The van der Waals surface area contributed by atoms with Gasteiger partial charge < -0.3 is 0 Å². The molecule has 0 amide bonds. The molecular weight excluding hydrogens is 297 g/mol. The number of benzene rings is 2. The van der Waals surface area contributed by atoms with Gasteiger partial charge in [-0.15, -0.1) is 0 Å². The third-order valence-electron chi connectivity index (χ3n) is 4.36. The van der Waals surface area contributed by atoms with Crippen LogP contribution in [0.3, 0.4) is 0 Å². The van der Waals surface area contributed by atoms with Crippen LogP contribution in [0.4, 0.5) is 13.2 Å². The minimum absolute atomic E-state index is 0.0279. The van der Waals surface area contributed by atoms with Crippen LogP contribution in [0.1, 0.15) is 42.0 Å². The second-order valence-corrected chi connectivity index (χ2v) is 6.06. The van der Waals surface area contributed by atoms with Crippen molar-refractivity contribution in [2.45, 2.75) is 39.0 Å². The van der Waals surface area contributed by atoms with E-state index in [1.165, 1.54) is 24.3 Å². The van der Waals surface area contributed by atoms with E-state index in [2.05, 4.69) is 0 Å². The van der Waals surface area contributed by atoms with Crippen molar-refractivity contribution in [2.75, 3.05) is 0 Å². The molecule has 0 fully saturated rings. The Labute approximate surface area is 134 Å². The van der Waals surface area contributed by atoms with Crippen molar-refractivity contribution >= 4 is 5.57 Å². The lowest BCUT2D eigenvalue weighted by Crippen LogP contribution is -2.07. The highest BCUT2D eigenvalue weighted by Gasteiger charge is 2.19. The van der Waals surface area contributed by atoms with Gasteiger partial charge in [0.15, 0.2) is 0 Å². The lowest BCUT2D eigenvalue weighted by Gasteiger charge is -2.19. The maximum absolute atomic E-state index is 14.4. The van der Waals surface area contributed by atoms with Crippen LogP contribution in [-0.4, -0.2) is 0 Å². The topological polar surface area (TPSA) is 0 Å². The number of unbranched alkanes of at least 4 members (excludes halogenated alkanes) is 1. The van der Waals surface area contributed by atoms with Gasteiger partial charge in [-0.05, 0) is 72.2 Å². The summed E-state index contributed by atoms with van der Waals surface area (Å²) in [5.41, 5.74) is 3.13. The second-order valence-electron chi connectivity index (χ2n) is 6.06. The van der Waals surface area contributed by atoms with Crippen molar-refractivity contribution in [1.82, 2.24) is 0 Å². The number of halogens is 3. The largest absolute Gasteiger partial charge is 0.207 e. The van der Waals surface area contributed by atoms with Crippen molar-refractivity contribution in [3.8, 4) is 0 Å². The zero-order chi connectivity index (χ0) is 16.4. The smallest absolute Gasteiger partial charge is 0.133 e. The zero-order valence-corrected chi connectivity index (χ0v) is 13.1. The molecule has 0 aromatic heterocycles. The number of aryl methyl sites for hydroxylation is 1. The van der Waals surface area contributed by atoms with Crippen LogP contribution < -0.4 is 0 Å². The standard InChI is InChI=1S/C20H19F3/c1-2-3-4-13-9-18(22)20(19(23)10-13)15-6-5-14-7-8-17(21)12-16(14)11-15/h6-10,12H,2-5,11H2,1H3. The molecule has 0 bridgehead atoms. The average Bonchev–Trinajstić information content (AvgIpc) is 2.52. The molecule has 0 radical (unpaired) electrons. The van der Waals surface area contributed by atoms with Crippen LogP contribution in [-0.2, 0) is 19.3 Å². The molecule has 0 spiro atoms. The highest BCUT2D eigenvalue weighted by molar-refractivity contribution is 5.71. The highest BCUT2D eigenvalue weighted by atomic mass is 19.1. The van der Waals surface area contributed by atoms with Gasteiger partial charge in [0.2, 0.25) is 0 Å². The Morgan fingerprint density at radius 2 is 1.70 bits per heavy atom. The van der Waals surface area contributed by atoms with Crippen LogP contribution in [0.2, 0.25) is 0 Å². The fourth-order valence-electron chi connectivity index (χ4n) is 3.12. The molecule has 0 atom stereocenters. The molecule has 120 valence electrons. The molecule has 3 rings (SSSR count). The Kier molecular flexibility index (Phi) is 4.56. The third kappa shape index (κ3) is 3.34. The Morgan fingerprint density at radius 1 is 0.957 bits per heavy atom. The molecule has 0 unspecified atom stereocenters. The van der Waals surface area contributed by atoms with Crippen LogP contribution in [0.15, 0.2) is 36.4 Å². The van der Waals surface area contributed by atoms with Crippen molar-refractivity contribution in [1.29, 1.82) is 0 Å². The summed E-state index contributed by atoms with van der Waals surface area (Å²) in [4.78, 5) is 0. The number of fused-ring (bicyclic) bond motifs is 1. The summed E-state index contributed by atoms with van der Waals surface area (Å²) in [6.45, 7) is 2.05. The summed E-state index contributed by atoms with van der Waals surface area (Å²) in [6, 6.07) is 7.46. The lowest BCUT2D eigenvalue weighted by molar-refractivity contribution is 0.571. The summed E-state index contributed by atoms with van der Waals surface area (Å²) in [6.07, 6.45) is 5.34. The molecule has 1 aliphatic rings. The summed E-state index contributed by atoms with van der Waals surface area (Å²) in [5, 5.41) is 0. The Balaban J connectivity index is 1.92. The number of allylic oxidation sites excluding steroid dienone is 2. The first-order valence-corrected chi connectivity index (χ1v) is 8.03. The van der Waals surface area contributed by atoms with E-state index >= 15 is 0 Å². The minimum atomic E-state index is -0.526. The fraction of sp³-hybridized carbons (Fsp3) is 0.300. The van der Waals surface area contributed by atoms with E-state index < -0.39 is 11.6 Å². The van der Waals surface area contributed by atoms with Gasteiger partial charge in [-0.1, -0.05) is 25.5 Å². The quantitative estimate of drug-likeness (QED) is 0.686. The minimum Gasteiger partial charge on any atom is -0.207 e. The first-order valence-electron chi connectivity index (χ1n) is 8.03. The molecule has 0 saturated carbocycles. The van der Waals surface area contributed by atoms with E-state index in [-0.39, 0.29) is 11.4 Å². The molecule has 1 aliphatic carbocycles. The van der Waals surface area contributed by atoms with Gasteiger partial charge in [-0.25, -0.2) is 13.2 Å². The Hall–Kier alpha value is -2.03. The summed E-state index contributed by atoms with van der Waals surface area (Å²) in [5.74, 6) is -1.37. The zero-order valence-electron chi connectivity index (χ0n) is 13.1. The van der Waals surface area contributed by atoms with E-state index in [4.69, 9.17) is 0 Å². The first-order chi connectivity index (χ1) is 11.1. The average molecular weight is 316 g/mol. The lowest BCUT2D eigenvalue weighted by atomic mass is 9.87. The van der Waals surface area contributed by atoms with Gasteiger partial charge in [-0.2, -0.15) is 0 Å². The monoisotopic (exact) mass is 316 g/mol. The fourth-order valence-corrected chi connectivity index (χ4v) is 3.12. The maximum atomic E-state index is 14.4. The molecule has 0 N–H and O–H groups in total. The third-order valence-corrected chi connectivity index (χ3v) is 4.36. The SMILES string of the molecule is CCCCc1cc(F)c(C2=CCc3ccc(F)cc3C2)c(F)c1. The molecule has 0 nitrogen and oxygen atoms in total. The summed E-state index contributed by atoms with van der Waals surface area (Å²) >= 11 is 0. The van der Waals surface area contributed by atoms with Gasteiger partial charge >= 0.3 is 0 Å². The Morgan fingerprint density at radius 3 is 2.39 bits per heavy atom. The number of hydrogen-bond donors (Lipinski definition) is 0. The molecule has 23 heavy (non-hydrogen) atoms. The van der Waals surface area contributed by atoms with Gasteiger partial charge in [0.05, 0.1) is 0 Å². The van der Waals surface area contributed by atoms with Gasteiger partial charge in [0.1, 0.15) is 17.5 Å². The summed E-state index contributed by atoms with van der Waals surface area (Å²) in [7, 11) is 0. The molecule has 0 heterocycles. The highest BCUT2D eigenvalue weighted by Crippen LogP contribution is 2.32. The second kappa shape index (κ2) is 6.61. The molecule has 0 aliphatic heterocycles. The molecular formula is C20H19F3. The van der Waals surface area contributed by atoms with E-state index in [1.807, 2.05) is 13.0 Å². The summed E-state index contributed by atoms with van der Waals surface area (Å²) < 4.78 is 42.2. The van der Waals surface area contributed by atoms with Gasteiger partial charge in [-0.3, -0.25) is 0 Å². The van der Waals surface area contributed by atoms with E-state index in [0.717, 1.165) is 24.0 Å². The van der Waals surface area contributed by atoms with Gasteiger partial charge in [0, 0.05) is 5.56 Å². The van der Waals surface area contributed by atoms with Crippen LogP contribution >= 0.6 is 0 Å². The van der Waals surface area contributed by atoms with Crippen LogP contribution in [0.5, 0.6) is 0 Å². The maximum Gasteiger partial charge on any atom is 0.133 e. The molecule has 0 saturated heterocycles. The van der Waals surface area contributed by atoms with E-state index in [9.17, 15) is 13.2 Å². The first kappa shape index (κ1) is 15.9. The molecule has 3 heteroatoms. The van der Waals surface area contributed by atoms with Gasteiger partial charge in [0.25, 0.3) is 0 Å². The van der Waals surface area contributed by atoms with Crippen LogP contribution in [0.25, 0.3) is 5.57 Å². The normalized spacial score (nSPS) is 13.7. The van der Waals surface area contributed by atoms with E-state index in [0.29, 0.717) is 30.4 Å². The number of rotatable bonds is 4. The number of hydrogen-bond acceptors (Lipinski definition) is 0.